The van der Waals surface area contributed by atoms with Crippen molar-refractivity contribution in [3.05, 3.63) is 24.3 Å². The molecule has 16 heavy (non-hydrogen) atoms. The molecule has 96 valence electrons. The molecule has 2 atom stereocenters. The summed E-state index contributed by atoms with van der Waals surface area (Å²) in [5, 5.41) is 33.7. The van der Waals surface area contributed by atoms with Crippen LogP contribution >= 0.6 is 0 Å². The summed E-state index contributed by atoms with van der Waals surface area (Å²) >= 11 is 0. The first-order valence-electron chi connectivity index (χ1n) is 5.45. The smallest absolute Gasteiger partial charge is 0.0693 e. The summed E-state index contributed by atoms with van der Waals surface area (Å²) in [5.41, 5.74) is 0. The van der Waals surface area contributed by atoms with Crippen molar-refractivity contribution in [2.75, 3.05) is 13.2 Å². The largest absolute Gasteiger partial charge is 0.396 e. The Balaban J connectivity index is 0. The number of aliphatic hydroxyl groups excluding tert-OH is 4. The van der Waals surface area contributed by atoms with Crippen LogP contribution in [0.3, 0.4) is 0 Å². The Hall–Kier alpha value is -0.680. The lowest BCUT2D eigenvalue weighted by molar-refractivity contribution is 0.228. The van der Waals surface area contributed by atoms with Gasteiger partial charge in [0.1, 0.15) is 0 Å². The van der Waals surface area contributed by atoms with Gasteiger partial charge in [-0.2, -0.15) is 0 Å². The molecule has 0 rings (SSSR count). The Kier molecular flexibility index (Phi) is 15.8. The summed E-state index contributed by atoms with van der Waals surface area (Å²) in [5.74, 6) is 0. The Morgan fingerprint density at radius 3 is 1.31 bits per heavy atom. The van der Waals surface area contributed by atoms with Gasteiger partial charge in [0.2, 0.25) is 0 Å². The molecule has 0 aromatic heterocycles. The second kappa shape index (κ2) is 14.3. The van der Waals surface area contributed by atoms with E-state index in [-0.39, 0.29) is 13.2 Å². The molecule has 0 aromatic rings. The van der Waals surface area contributed by atoms with Gasteiger partial charge in [0.25, 0.3) is 0 Å². The minimum Gasteiger partial charge on any atom is -0.396 e. The summed E-state index contributed by atoms with van der Waals surface area (Å²) < 4.78 is 0. The molecular formula is C12H24O4. The minimum absolute atomic E-state index is 0.196. The predicted octanol–water partition coefficient (Wildman–Crippen LogP) is 0.612. The third kappa shape index (κ3) is 23.3. The minimum atomic E-state index is -0.454. The van der Waals surface area contributed by atoms with E-state index in [1.165, 1.54) is 0 Å². The zero-order valence-electron chi connectivity index (χ0n) is 10.1. The van der Waals surface area contributed by atoms with Crippen LogP contribution in [0.25, 0.3) is 0 Å². The molecule has 0 amide bonds. The monoisotopic (exact) mass is 232 g/mol. The van der Waals surface area contributed by atoms with Crippen molar-refractivity contribution in [2.24, 2.45) is 0 Å². The fourth-order valence-electron chi connectivity index (χ4n) is 0.706. The summed E-state index contributed by atoms with van der Waals surface area (Å²) in [6.07, 6.45) is 7.29. The lowest BCUT2D eigenvalue weighted by Crippen LogP contribution is -1.97. The van der Waals surface area contributed by atoms with Crippen LogP contribution in [0, 0.1) is 0 Å². The molecule has 4 heteroatoms. The van der Waals surface area contributed by atoms with Gasteiger partial charge in [-0.15, -0.1) is 0 Å². The van der Waals surface area contributed by atoms with Crippen LogP contribution in [0.4, 0.5) is 0 Å². The van der Waals surface area contributed by atoms with Crippen LogP contribution in [0.1, 0.15) is 26.7 Å². The molecule has 0 spiro atoms. The third-order valence-electron chi connectivity index (χ3n) is 1.43. The first-order valence-corrected chi connectivity index (χ1v) is 5.45. The Bertz CT molecular complexity index is 156. The molecule has 0 bridgehead atoms. The summed E-state index contributed by atoms with van der Waals surface area (Å²) in [4.78, 5) is 0. The van der Waals surface area contributed by atoms with Crippen molar-refractivity contribution < 1.29 is 20.4 Å². The maximum atomic E-state index is 8.60. The molecule has 4 nitrogen and oxygen atoms in total. The third-order valence-corrected chi connectivity index (χ3v) is 1.43. The SMILES string of the molecule is CC(O)/C=C/C(C)O.OCC/C=C/CCO. The second-order valence-corrected chi connectivity index (χ2v) is 3.36. The van der Waals surface area contributed by atoms with Gasteiger partial charge in [0.15, 0.2) is 0 Å². The number of rotatable bonds is 6. The normalized spacial score (nSPS) is 14.9. The summed E-state index contributed by atoms with van der Waals surface area (Å²) in [6, 6.07) is 0. The van der Waals surface area contributed by atoms with E-state index in [0.29, 0.717) is 12.8 Å². The van der Waals surface area contributed by atoms with Crippen molar-refractivity contribution in [3.8, 4) is 0 Å². The summed E-state index contributed by atoms with van der Waals surface area (Å²) in [6.45, 7) is 3.67. The molecular weight excluding hydrogens is 208 g/mol. The van der Waals surface area contributed by atoms with Crippen molar-refractivity contribution >= 4 is 0 Å². The maximum absolute atomic E-state index is 8.60. The highest BCUT2D eigenvalue weighted by Gasteiger charge is 1.87. The quantitative estimate of drug-likeness (QED) is 0.506. The van der Waals surface area contributed by atoms with Gasteiger partial charge >= 0.3 is 0 Å². The standard InChI is InChI=1S/2C6H12O2/c1-5(7)3-4-6(2)8;7-5-3-1-2-4-6-8/h3-8H,1-2H3;1-2,7-8H,3-6H2/b4-3+;2-1+. The number of hydrogen-bond acceptors (Lipinski definition) is 4. The highest BCUT2D eigenvalue weighted by atomic mass is 16.3. The molecule has 0 heterocycles. The second-order valence-electron chi connectivity index (χ2n) is 3.36. The molecule has 0 radical (unpaired) electrons. The molecule has 0 aliphatic heterocycles. The lowest BCUT2D eigenvalue weighted by atomic mass is 10.3. The topological polar surface area (TPSA) is 80.9 Å². The van der Waals surface area contributed by atoms with Crippen LogP contribution in [-0.2, 0) is 0 Å². The van der Waals surface area contributed by atoms with Crippen molar-refractivity contribution in [1.29, 1.82) is 0 Å². The van der Waals surface area contributed by atoms with Crippen LogP contribution in [0.5, 0.6) is 0 Å². The van der Waals surface area contributed by atoms with Crippen LogP contribution < -0.4 is 0 Å². The van der Waals surface area contributed by atoms with Gasteiger partial charge in [-0.3, -0.25) is 0 Å². The zero-order chi connectivity index (χ0) is 12.8. The van der Waals surface area contributed by atoms with E-state index >= 15 is 0 Å². The van der Waals surface area contributed by atoms with E-state index in [1.807, 2.05) is 12.2 Å². The average molecular weight is 232 g/mol. The van der Waals surface area contributed by atoms with E-state index in [2.05, 4.69) is 0 Å². The van der Waals surface area contributed by atoms with E-state index in [1.54, 1.807) is 26.0 Å². The first kappa shape index (κ1) is 17.7. The Morgan fingerprint density at radius 2 is 1.12 bits per heavy atom. The average Bonchev–Trinajstić information content (AvgIpc) is 2.23. The van der Waals surface area contributed by atoms with Gasteiger partial charge in [0, 0.05) is 13.2 Å². The summed E-state index contributed by atoms with van der Waals surface area (Å²) in [7, 11) is 0. The highest BCUT2D eigenvalue weighted by Crippen LogP contribution is 1.86. The molecule has 2 unspecified atom stereocenters. The number of aliphatic hydroxyl groups is 4. The molecule has 0 aliphatic rings. The predicted molar refractivity (Wildman–Crippen MR) is 65.0 cm³/mol. The van der Waals surface area contributed by atoms with E-state index in [0.717, 1.165) is 0 Å². The fraction of sp³-hybridized carbons (Fsp3) is 0.667. The first-order chi connectivity index (χ1) is 7.54. The van der Waals surface area contributed by atoms with Gasteiger partial charge in [-0.1, -0.05) is 24.3 Å². The maximum Gasteiger partial charge on any atom is 0.0693 e. The zero-order valence-corrected chi connectivity index (χ0v) is 10.1. The Labute approximate surface area is 97.6 Å². The van der Waals surface area contributed by atoms with Crippen LogP contribution in [0.15, 0.2) is 24.3 Å². The molecule has 0 saturated heterocycles. The number of hydrogen-bond donors (Lipinski definition) is 4. The van der Waals surface area contributed by atoms with Crippen molar-refractivity contribution in [3.63, 3.8) is 0 Å². The van der Waals surface area contributed by atoms with E-state index < -0.39 is 12.2 Å². The Morgan fingerprint density at radius 1 is 0.812 bits per heavy atom. The van der Waals surface area contributed by atoms with Gasteiger partial charge in [-0.25, -0.2) is 0 Å². The van der Waals surface area contributed by atoms with Gasteiger partial charge in [-0.05, 0) is 26.7 Å². The molecule has 0 fully saturated rings. The van der Waals surface area contributed by atoms with Crippen molar-refractivity contribution in [1.82, 2.24) is 0 Å². The lowest BCUT2D eigenvalue weighted by Gasteiger charge is -1.94. The molecule has 0 aliphatic carbocycles. The van der Waals surface area contributed by atoms with E-state index in [4.69, 9.17) is 20.4 Å². The van der Waals surface area contributed by atoms with Crippen LogP contribution in [-0.4, -0.2) is 45.8 Å². The molecule has 4 N–H and O–H groups in total. The van der Waals surface area contributed by atoms with E-state index in [9.17, 15) is 0 Å². The highest BCUT2D eigenvalue weighted by molar-refractivity contribution is 4.89. The fourth-order valence-corrected chi connectivity index (χ4v) is 0.706. The molecule has 0 saturated carbocycles. The van der Waals surface area contributed by atoms with Crippen molar-refractivity contribution in [2.45, 2.75) is 38.9 Å². The molecule has 0 aromatic carbocycles. The van der Waals surface area contributed by atoms with Gasteiger partial charge < -0.3 is 20.4 Å². The van der Waals surface area contributed by atoms with Gasteiger partial charge in [0.05, 0.1) is 12.2 Å². The van der Waals surface area contributed by atoms with Crippen LogP contribution in [0.2, 0.25) is 0 Å².